The molecule has 1 saturated carbocycles. The molecule has 3 nitrogen and oxygen atoms in total. The van der Waals surface area contributed by atoms with Crippen LogP contribution in [0.3, 0.4) is 0 Å². The fraction of sp³-hybridized carbons (Fsp3) is 0.357. The zero-order valence-corrected chi connectivity index (χ0v) is 9.89. The summed E-state index contributed by atoms with van der Waals surface area (Å²) < 4.78 is 0. The Kier molecular flexibility index (Phi) is 3.03. The van der Waals surface area contributed by atoms with Crippen LogP contribution in [0.4, 0.5) is 0 Å². The van der Waals surface area contributed by atoms with Gasteiger partial charge in [0.1, 0.15) is 0 Å². The highest BCUT2D eigenvalue weighted by Crippen LogP contribution is 2.47. The van der Waals surface area contributed by atoms with Gasteiger partial charge in [0, 0.05) is 6.04 Å². The Morgan fingerprint density at radius 3 is 2.47 bits per heavy atom. The molecule has 3 heteroatoms. The number of hydrogen-bond acceptors (Lipinski definition) is 2. The second-order valence-corrected chi connectivity index (χ2v) is 4.79. The van der Waals surface area contributed by atoms with Gasteiger partial charge in [-0.15, -0.1) is 0 Å². The summed E-state index contributed by atoms with van der Waals surface area (Å²) in [5, 5.41) is 9.35. The van der Waals surface area contributed by atoms with Crippen molar-refractivity contribution in [2.24, 2.45) is 11.1 Å². The van der Waals surface area contributed by atoms with Crippen molar-refractivity contribution in [2.45, 2.75) is 25.8 Å². The monoisotopic (exact) mass is 231 g/mol. The molecule has 0 radical (unpaired) electrons. The van der Waals surface area contributed by atoms with Crippen LogP contribution in [0.15, 0.2) is 35.9 Å². The molecule has 0 saturated heterocycles. The molecule has 0 atom stereocenters. The molecule has 0 spiro atoms. The average Bonchev–Trinajstić information content (AvgIpc) is 2.25. The maximum absolute atomic E-state index is 11.4. The molecule has 1 aliphatic carbocycles. The van der Waals surface area contributed by atoms with Gasteiger partial charge in [-0.3, -0.25) is 4.79 Å². The van der Waals surface area contributed by atoms with Gasteiger partial charge in [0.15, 0.2) is 0 Å². The Labute approximate surface area is 101 Å². The van der Waals surface area contributed by atoms with Gasteiger partial charge in [-0.2, -0.15) is 0 Å². The van der Waals surface area contributed by atoms with E-state index in [0.717, 1.165) is 11.1 Å². The van der Waals surface area contributed by atoms with E-state index in [1.165, 1.54) is 0 Å². The van der Waals surface area contributed by atoms with E-state index >= 15 is 0 Å². The molecule has 0 unspecified atom stereocenters. The first kappa shape index (κ1) is 11.9. The first-order valence-corrected chi connectivity index (χ1v) is 5.77. The largest absolute Gasteiger partial charge is 0.481 e. The van der Waals surface area contributed by atoms with Crippen LogP contribution in [-0.2, 0) is 4.79 Å². The predicted octanol–water partition coefficient (Wildman–Crippen LogP) is 2.28. The molecular formula is C14H17NO2. The molecule has 0 aromatic heterocycles. The molecule has 90 valence electrons. The number of carboxylic acid groups (broad SMARTS) is 1. The van der Waals surface area contributed by atoms with Crippen molar-refractivity contribution in [3.8, 4) is 0 Å². The molecule has 1 aromatic rings. The number of benzene rings is 1. The molecule has 17 heavy (non-hydrogen) atoms. The zero-order valence-electron chi connectivity index (χ0n) is 9.89. The highest BCUT2D eigenvalue weighted by molar-refractivity contribution is 5.82. The lowest BCUT2D eigenvalue weighted by Gasteiger charge is -2.43. The lowest BCUT2D eigenvalue weighted by Crippen LogP contribution is -2.51. The van der Waals surface area contributed by atoms with Gasteiger partial charge in [-0.05, 0) is 25.3 Å². The molecule has 0 heterocycles. The normalized spacial score (nSPS) is 28.6. The number of aliphatic carboxylic acids is 1. The Morgan fingerprint density at radius 2 is 2.00 bits per heavy atom. The lowest BCUT2D eigenvalue weighted by atomic mass is 9.61. The van der Waals surface area contributed by atoms with Crippen LogP contribution >= 0.6 is 0 Å². The number of hydrogen-bond donors (Lipinski definition) is 2. The van der Waals surface area contributed by atoms with Crippen molar-refractivity contribution in [3.63, 3.8) is 0 Å². The third-order valence-electron chi connectivity index (χ3n) is 3.57. The molecule has 0 bridgehead atoms. The maximum Gasteiger partial charge on any atom is 0.313 e. The highest BCUT2D eigenvalue weighted by atomic mass is 16.4. The minimum atomic E-state index is -0.760. The van der Waals surface area contributed by atoms with E-state index in [1.807, 2.05) is 43.3 Å². The van der Waals surface area contributed by atoms with Crippen LogP contribution in [0, 0.1) is 5.41 Å². The van der Waals surface area contributed by atoms with Crippen molar-refractivity contribution in [1.82, 2.24) is 0 Å². The molecule has 0 aliphatic heterocycles. The first-order chi connectivity index (χ1) is 8.04. The van der Waals surface area contributed by atoms with Gasteiger partial charge in [0.25, 0.3) is 0 Å². The number of carbonyl (C=O) groups is 1. The minimum Gasteiger partial charge on any atom is -0.481 e. The van der Waals surface area contributed by atoms with Crippen molar-refractivity contribution >= 4 is 12.0 Å². The van der Waals surface area contributed by atoms with Crippen LogP contribution in [0.1, 0.15) is 25.3 Å². The van der Waals surface area contributed by atoms with Gasteiger partial charge >= 0.3 is 5.97 Å². The molecule has 3 N–H and O–H groups in total. The second-order valence-electron chi connectivity index (χ2n) is 4.79. The van der Waals surface area contributed by atoms with E-state index < -0.39 is 11.4 Å². The molecular weight excluding hydrogens is 214 g/mol. The zero-order chi connectivity index (χ0) is 12.5. The van der Waals surface area contributed by atoms with Gasteiger partial charge in [0.05, 0.1) is 5.41 Å². The van der Waals surface area contributed by atoms with Crippen LogP contribution < -0.4 is 5.73 Å². The summed E-state index contributed by atoms with van der Waals surface area (Å²) in [6.07, 6.45) is 3.02. The third kappa shape index (κ3) is 2.11. The van der Waals surface area contributed by atoms with E-state index in [9.17, 15) is 9.90 Å². The fourth-order valence-corrected chi connectivity index (χ4v) is 2.44. The van der Waals surface area contributed by atoms with E-state index in [1.54, 1.807) is 0 Å². The molecule has 1 aromatic carbocycles. The summed E-state index contributed by atoms with van der Waals surface area (Å²) in [6.45, 7) is 1.88. The summed E-state index contributed by atoms with van der Waals surface area (Å²) in [5.74, 6) is -0.760. The summed E-state index contributed by atoms with van der Waals surface area (Å²) in [4.78, 5) is 11.4. The van der Waals surface area contributed by atoms with Crippen molar-refractivity contribution in [2.75, 3.05) is 0 Å². The Balaban J connectivity index is 2.27. The number of nitrogens with two attached hydrogens (primary N) is 1. The molecule has 1 fully saturated rings. The van der Waals surface area contributed by atoms with E-state index in [4.69, 9.17) is 5.73 Å². The van der Waals surface area contributed by atoms with Gasteiger partial charge in [0.2, 0.25) is 0 Å². The Hall–Kier alpha value is -1.61. The topological polar surface area (TPSA) is 63.3 Å². The smallest absolute Gasteiger partial charge is 0.313 e. The van der Waals surface area contributed by atoms with Crippen LogP contribution in [0.2, 0.25) is 0 Å². The average molecular weight is 231 g/mol. The van der Waals surface area contributed by atoms with Crippen molar-refractivity contribution in [3.05, 3.63) is 41.5 Å². The summed E-state index contributed by atoms with van der Waals surface area (Å²) >= 11 is 0. The van der Waals surface area contributed by atoms with E-state index in [-0.39, 0.29) is 6.04 Å². The first-order valence-electron chi connectivity index (χ1n) is 5.77. The maximum atomic E-state index is 11.4. The quantitative estimate of drug-likeness (QED) is 0.838. The second kappa shape index (κ2) is 4.34. The minimum absolute atomic E-state index is 0.0187. The number of carboxylic acids is 1. The van der Waals surface area contributed by atoms with Crippen molar-refractivity contribution < 1.29 is 9.90 Å². The molecule has 0 amide bonds. The lowest BCUT2D eigenvalue weighted by molar-refractivity contribution is -0.151. The predicted molar refractivity (Wildman–Crippen MR) is 67.4 cm³/mol. The van der Waals surface area contributed by atoms with Crippen LogP contribution in [-0.4, -0.2) is 17.1 Å². The van der Waals surface area contributed by atoms with Gasteiger partial charge in [-0.25, -0.2) is 0 Å². The van der Waals surface area contributed by atoms with Crippen molar-refractivity contribution in [1.29, 1.82) is 0 Å². The molecule has 2 rings (SSSR count). The van der Waals surface area contributed by atoms with E-state index in [0.29, 0.717) is 12.8 Å². The van der Waals surface area contributed by atoms with E-state index in [2.05, 4.69) is 0 Å². The summed E-state index contributed by atoms with van der Waals surface area (Å²) in [5.41, 5.74) is 6.91. The fourth-order valence-electron chi connectivity index (χ4n) is 2.44. The number of rotatable bonds is 3. The Bertz CT molecular complexity index is 445. The van der Waals surface area contributed by atoms with Crippen LogP contribution in [0.5, 0.6) is 0 Å². The summed E-state index contributed by atoms with van der Waals surface area (Å²) in [6, 6.07) is 9.79. The SMILES string of the molecule is C/C(=C/c1ccccc1)C1(C(=O)O)CC(N)C1. The standard InChI is InChI=1S/C14H17NO2/c1-10(7-11-5-3-2-4-6-11)14(13(16)17)8-12(15)9-14/h2-7,12H,8-9,15H2,1H3,(H,16,17)/b10-7-. The van der Waals surface area contributed by atoms with Crippen LogP contribution in [0.25, 0.3) is 6.08 Å². The molecule has 1 aliphatic rings. The highest BCUT2D eigenvalue weighted by Gasteiger charge is 2.50. The summed E-state index contributed by atoms with van der Waals surface area (Å²) in [7, 11) is 0. The van der Waals surface area contributed by atoms with Gasteiger partial charge in [-0.1, -0.05) is 42.0 Å². The third-order valence-corrected chi connectivity index (χ3v) is 3.57. The van der Waals surface area contributed by atoms with Gasteiger partial charge < -0.3 is 10.8 Å². The Morgan fingerprint density at radius 1 is 1.41 bits per heavy atom.